The molecule has 3 aromatic rings. The van der Waals surface area contributed by atoms with Crippen LogP contribution in [0.15, 0.2) is 22.9 Å². The third-order valence-electron chi connectivity index (χ3n) is 3.84. The van der Waals surface area contributed by atoms with E-state index in [0.29, 0.717) is 5.69 Å². The molecule has 0 bridgehead atoms. The molecule has 4 rings (SSSR count). The minimum atomic E-state index is -0.104. The number of thiazole rings is 2. The van der Waals surface area contributed by atoms with Gasteiger partial charge in [0.2, 0.25) is 0 Å². The van der Waals surface area contributed by atoms with Gasteiger partial charge in [0.05, 0.1) is 21.6 Å². The summed E-state index contributed by atoms with van der Waals surface area (Å²) < 4.78 is 0. The standard InChI is InChI=1S/C16H15N3OS3/c1-9-17-14-10(4-2-5-12(14)23-9)18-15(20)11-8-22-16(19-11)13-6-3-7-21-13/h3,6-8,10H,2,4-5H2,1H3,(H,18,20)/t10-/m1/s1. The average Bonchev–Trinajstić information content (AvgIpc) is 3.26. The van der Waals surface area contributed by atoms with E-state index in [9.17, 15) is 4.79 Å². The third-order valence-corrected chi connectivity index (χ3v) is 6.76. The number of carbonyl (C=O) groups is 1. The van der Waals surface area contributed by atoms with E-state index in [1.54, 1.807) is 22.7 Å². The Morgan fingerprint density at radius 2 is 2.26 bits per heavy atom. The van der Waals surface area contributed by atoms with Crippen molar-refractivity contribution in [3.05, 3.63) is 44.2 Å². The number of nitrogens with zero attached hydrogens (tertiary/aromatic N) is 2. The normalized spacial score (nSPS) is 17.0. The lowest BCUT2D eigenvalue weighted by Crippen LogP contribution is -2.31. The molecular formula is C16H15N3OS3. The summed E-state index contributed by atoms with van der Waals surface area (Å²) in [5.74, 6) is -0.104. The van der Waals surface area contributed by atoms with Crippen LogP contribution in [0.25, 0.3) is 9.88 Å². The van der Waals surface area contributed by atoms with Crippen LogP contribution in [0.4, 0.5) is 0 Å². The number of fused-ring (bicyclic) bond motifs is 1. The Hall–Kier alpha value is -1.57. The quantitative estimate of drug-likeness (QED) is 0.750. The molecule has 0 spiro atoms. The Balaban J connectivity index is 1.53. The highest BCUT2D eigenvalue weighted by Gasteiger charge is 2.26. The molecule has 7 heteroatoms. The van der Waals surface area contributed by atoms with Gasteiger partial charge in [0.15, 0.2) is 0 Å². The Labute approximate surface area is 146 Å². The monoisotopic (exact) mass is 361 g/mol. The van der Waals surface area contributed by atoms with E-state index in [2.05, 4.69) is 15.3 Å². The molecule has 0 saturated carbocycles. The van der Waals surface area contributed by atoms with E-state index >= 15 is 0 Å². The van der Waals surface area contributed by atoms with Gasteiger partial charge in [-0.05, 0) is 37.6 Å². The predicted molar refractivity (Wildman–Crippen MR) is 95.4 cm³/mol. The first kappa shape index (κ1) is 15.0. The molecule has 4 nitrogen and oxygen atoms in total. The first-order chi connectivity index (χ1) is 11.2. The third kappa shape index (κ3) is 2.96. The molecule has 1 aliphatic carbocycles. The Morgan fingerprint density at radius 3 is 3.09 bits per heavy atom. The van der Waals surface area contributed by atoms with Crippen molar-refractivity contribution >= 4 is 39.9 Å². The van der Waals surface area contributed by atoms with Crippen LogP contribution < -0.4 is 5.32 Å². The van der Waals surface area contributed by atoms with E-state index < -0.39 is 0 Å². The Bertz CT molecular complexity index is 835. The number of rotatable bonds is 3. The van der Waals surface area contributed by atoms with Crippen LogP contribution in [0.2, 0.25) is 0 Å². The van der Waals surface area contributed by atoms with Gasteiger partial charge in [-0.15, -0.1) is 34.0 Å². The van der Waals surface area contributed by atoms with Gasteiger partial charge in [-0.25, -0.2) is 9.97 Å². The SMILES string of the molecule is Cc1nc2c(s1)CCC[C@H]2NC(=O)c1csc(-c2cccs2)n1. The lowest BCUT2D eigenvalue weighted by Gasteiger charge is -2.21. The molecule has 3 aromatic heterocycles. The maximum Gasteiger partial charge on any atom is 0.271 e. The smallest absolute Gasteiger partial charge is 0.271 e. The van der Waals surface area contributed by atoms with Crippen molar-refractivity contribution in [1.29, 1.82) is 0 Å². The highest BCUT2D eigenvalue weighted by atomic mass is 32.1. The van der Waals surface area contributed by atoms with Crippen molar-refractivity contribution < 1.29 is 4.79 Å². The molecular weight excluding hydrogens is 346 g/mol. The molecule has 1 aliphatic rings. The maximum atomic E-state index is 12.5. The topological polar surface area (TPSA) is 54.9 Å². The van der Waals surface area contributed by atoms with E-state index in [1.807, 2.05) is 29.8 Å². The van der Waals surface area contributed by atoms with Gasteiger partial charge in [0.1, 0.15) is 10.7 Å². The number of thiophene rings is 1. The van der Waals surface area contributed by atoms with Crippen LogP contribution in [-0.2, 0) is 6.42 Å². The van der Waals surface area contributed by atoms with E-state index in [4.69, 9.17) is 0 Å². The van der Waals surface area contributed by atoms with Gasteiger partial charge < -0.3 is 5.32 Å². The number of carbonyl (C=O) groups excluding carboxylic acids is 1. The van der Waals surface area contributed by atoms with E-state index in [1.165, 1.54) is 16.2 Å². The number of aromatic nitrogens is 2. The minimum Gasteiger partial charge on any atom is -0.342 e. The number of hydrogen-bond donors (Lipinski definition) is 1. The van der Waals surface area contributed by atoms with Gasteiger partial charge >= 0.3 is 0 Å². The van der Waals surface area contributed by atoms with Crippen LogP contribution in [0, 0.1) is 6.92 Å². The predicted octanol–water partition coefficient (Wildman–Crippen LogP) is 4.44. The molecule has 1 N–H and O–H groups in total. The Morgan fingerprint density at radius 1 is 1.35 bits per heavy atom. The first-order valence-corrected chi connectivity index (χ1v) is 10.0. The van der Waals surface area contributed by atoms with Crippen molar-refractivity contribution in [2.45, 2.75) is 32.2 Å². The fourth-order valence-corrected chi connectivity index (χ4v) is 5.46. The van der Waals surface area contributed by atoms with Gasteiger partial charge in [0, 0.05) is 10.3 Å². The molecule has 0 saturated heterocycles. The van der Waals surface area contributed by atoms with E-state index in [0.717, 1.165) is 39.8 Å². The zero-order chi connectivity index (χ0) is 15.8. The number of hydrogen-bond acceptors (Lipinski definition) is 6. The van der Waals surface area contributed by atoms with Gasteiger partial charge in [-0.2, -0.15) is 0 Å². The van der Waals surface area contributed by atoms with Crippen molar-refractivity contribution in [3.8, 4) is 9.88 Å². The Kier molecular flexibility index (Phi) is 4.00. The van der Waals surface area contributed by atoms with Crippen molar-refractivity contribution in [1.82, 2.24) is 15.3 Å². The van der Waals surface area contributed by atoms with Crippen LogP contribution in [0.5, 0.6) is 0 Å². The zero-order valence-corrected chi connectivity index (χ0v) is 15.0. The van der Waals surface area contributed by atoms with Crippen molar-refractivity contribution in [2.24, 2.45) is 0 Å². The maximum absolute atomic E-state index is 12.5. The van der Waals surface area contributed by atoms with Gasteiger partial charge in [0.25, 0.3) is 5.91 Å². The van der Waals surface area contributed by atoms with Crippen LogP contribution >= 0.6 is 34.0 Å². The van der Waals surface area contributed by atoms with Gasteiger partial charge in [-0.3, -0.25) is 4.79 Å². The van der Waals surface area contributed by atoms with E-state index in [-0.39, 0.29) is 11.9 Å². The van der Waals surface area contributed by atoms with Crippen molar-refractivity contribution in [3.63, 3.8) is 0 Å². The summed E-state index contributed by atoms with van der Waals surface area (Å²) in [6, 6.07) is 4.04. The van der Waals surface area contributed by atoms with Crippen LogP contribution in [0.1, 0.15) is 45.0 Å². The minimum absolute atomic E-state index is 0.0167. The fourth-order valence-electron chi connectivity index (χ4n) is 2.80. The first-order valence-electron chi connectivity index (χ1n) is 7.47. The summed E-state index contributed by atoms with van der Waals surface area (Å²) in [4.78, 5) is 24.0. The molecule has 0 unspecified atom stereocenters. The summed E-state index contributed by atoms with van der Waals surface area (Å²) in [5, 5.41) is 8.94. The molecule has 0 aromatic carbocycles. The molecule has 0 radical (unpaired) electrons. The fraction of sp³-hybridized carbons (Fsp3) is 0.312. The second-order valence-electron chi connectivity index (χ2n) is 5.47. The second kappa shape index (κ2) is 6.14. The van der Waals surface area contributed by atoms with Crippen LogP contribution in [-0.4, -0.2) is 15.9 Å². The molecule has 0 aliphatic heterocycles. The van der Waals surface area contributed by atoms with Crippen molar-refractivity contribution in [2.75, 3.05) is 0 Å². The highest BCUT2D eigenvalue weighted by Crippen LogP contribution is 2.33. The van der Waals surface area contributed by atoms with Crippen LogP contribution in [0.3, 0.4) is 0 Å². The zero-order valence-electron chi connectivity index (χ0n) is 12.5. The number of aryl methyl sites for hydroxylation is 2. The lowest BCUT2D eigenvalue weighted by atomic mass is 9.97. The summed E-state index contributed by atoms with van der Waals surface area (Å²) in [6.45, 7) is 2.02. The highest BCUT2D eigenvalue weighted by molar-refractivity contribution is 7.20. The lowest BCUT2D eigenvalue weighted by molar-refractivity contribution is 0.0927. The number of nitrogens with one attached hydrogen (secondary N) is 1. The van der Waals surface area contributed by atoms with Gasteiger partial charge in [-0.1, -0.05) is 6.07 Å². The average molecular weight is 362 g/mol. The summed E-state index contributed by atoms with van der Waals surface area (Å²) in [6.07, 6.45) is 3.12. The molecule has 0 fully saturated rings. The summed E-state index contributed by atoms with van der Waals surface area (Å²) in [7, 11) is 0. The number of amides is 1. The summed E-state index contributed by atoms with van der Waals surface area (Å²) in [5.41, 5.74) is 1.55. The molecule has 3 heterocycles. The molecule has 1 amide bonds. The molecule has 118 valence electrons. The molecule has 1 atom stereocenters. The largest absolute Gasteiger partial charge is 0.342 e. The molecule has 23 heavy (non-hydrogen) atoms. The summed E-state index contributed by atoms with van der Waals surface area (Å²) >= 11 is 4.89. The second-order valence-corrected chi connectivity index (χ2v) is 8.57.